The second-order valence-electron chi connectivity index (χ2n) is 5.94. The number of amides is 2. The van der Waals surface area contributed by atoms with Crippen molar-refractivity contribution in [2.45, 2.75) is 23.4 Å². The number of carbonyl (C=O) groups excluding carboxylic acids is 1. The van der Waals surface area contributed by atoms with Gasteiger partial charge >= 0.3 is 12.1 Å². The van der Waals surface area contributed by atoms with Crippen LogP contribution in [0.3, 0.4) is 0 Å². The smallest absolute Gasteiger partial charge is 0.408 e. The number of aliphatic carboxylic acids is 1. The lowest BCUT2D eigenvalue weighted by Crippen LogP contribution is -2.70. The highest BCUT2D eigenvalue weighted by atomic mass is 32.1. The van der Waals surface area contributed by atoms with E-state index in [4.69, 9.17) is 4.74 Å². The molecule has 0 saturated carbocycles. The Hall–Kier alpha value is -2.75. The highest BCUT2D eigenvalue weighted by molar-refractivity contribution is 7.80. The number of likely N-dealkylation sites (tertiary alicyclic amines) is 1. The van der Waals surface area contributed by atoms with Crippen LogP contribution in [-0.2, 0) is 14.3 Å². The van der Waals surface area contributed by atoms with Gasteiger partial charge in [-0.15, -0.1) is 0 Å². The maximum absolute atomic E-state index is 12.4. The molecule has 0 aliphatic carbocycles. The molecule has 2 saturated heterocycles. The highest BCUT2D eigenvalue weighted by Crippen LogP contribution is 2.46. The molecule has 4 rings (SSSR count). The molecule has 4 heterocycles. The van der Waals surface area contributed by atoms with Gasteiger partial charge in [0, 0.05) is 12.4 Å². The van der Waals surface area contributed by atoms with E-state index in [1.165, 1.54) is 12.4 Å². The molecule has 1 aromatic rings. The molecule has 2 fully saturated rings. The number of thiol groups is 1. The van der Waals surface area contributed by atoms with Crippen LogP contribution in [0.5, 0.6) is 0 Å². The van der Waals surface area contributed by atoms with Gasteiger partial charge in [0.05, 0.1) is 11.8 Å². The molecule has 3 aliphatic heterocycles. The van der Waals surface area contributed by atoms with Gasteiger partial charge in [-0.25, -0.2) is 9.59 Å². The van der Waals surface area contributed by atoms with E-state index in [0.29, 0.717) is 5.56 Å². The molecule has 10 heteroatoms. The molecule has 9 nitrogen and oxygen atoms in total. The minimum atomic E-state index is -1.32. The number of hydrogen-bond acceptors (Lipinski definition) is 6. The molecule has 2 N–H and O–H groups in total. The van der Waals surface area contributed by atoms with Crippen molar-refractivity contribution in [1.29, 1.82) is 0 Å². The topological polar surface area (TPSA) is 120 Å². The number of carboxylic acids is 1. The standard InChI is InChI=1S/C15H13N3O6S/c19-13-9-8-7(5-17(9)15(22)23)24-11(10(14(20)21)18(8)13)12(25)6-1-3-16-4-2-6/h1-4,7-9,12,25H,5H2,(H,20,21)(H,22,23)/t7-,8-,9+,12?/m1/s1. The van der Waals surface area contributed by atoms with Crippen LogP contribution >= 0.6 is 12.6 Å². The third-order valence-corrected chi connectivity index (χ3v) is 5.21. The second-order valence-corrected chi connectivity index (χ2v) is 6.45. The fraction of sp³-hybridized carbons (Fsp3) is 0.333. The van der Waals surface area contributed by atoms with E-state index in [1.54, 1.807) is 12.1 Å². The third kappa shape index (κ3) is 2.10. The van der Waals surface area contributed by atoms with Crippen LogP contribution in [0.2, 0.25) is 0 Å². The van der Waals surface area contributed by atoms with Gasteiger partial charge in [-0.3, -0.25) is 19.6 Å². The van der Waals surface area contributed by atoms with Crippen LogP contribution in [0.1, 0.15) is 10.8 Å². The average Bonchev–Trinajstić information content (AvgIpc) is 2.97. The van der Waals surface area contributed by atoms with Gasteiger partial charge in [0.15, 0.2) is 5.70 Å². The SMILES string of the molecule is O=C(O)C1=C(C(S)c2ccncc2)O[C@@H]2CN(C(=O)O)[C@@H]3C(=O)N1[C@@H]32. The van der Waals surface area contributed by atoms with Crippen molar-refractivity contribution >= 4 is 30.6 Å². The van der Waals surface area contributed by atoms with E-state index in [2.05, 4.69) is 17.6 Å². The lowest BCUT2D eigenvalue weighted by molar-refractivity contribution is -0.161. The molecule has 0 bridgehead atoms. The van der Waals surface area contributed by atoms with Crippen molar-refractivity contribution in [3.63, 3.8) is 0 Å². The maximum atomic E-state index is 12.4. The lowest BCUT2D eigenvalue weighted by Gasteiger charge is -2.49. The predicted molar refractivity (Wildman–Crippen MR) is 84.7 cm³/mol. The molecule has 1 aromatic heterocycles. The molecular weight excluding hydrogens is 350 g/mol. The van der Waals surface area contributed by atoms with Crippen molar-refractivity contribution in [3.8, 4) is 0 Å². The zero-order chi connectivity index (χ0) is 17.9. The van der Waals surface area contributed by atoms with E-state index < -0.39 is 41.4 Å². The summed E-state index contributed by atoms with van der Waals surface area (Å²) in [4.78, 5) is 41.5. The zero-order valence-corrected chi connectivity index (χ0v) is 13.5. The minimum Gasteiger partial charge on any atom is -0.487 e. The molecule has 0 radical (unpaired) electrons. The number of hydrogen-bond donors (Lipinski definition) is 3. The Labute approximate surface area is 146 Å². The monoisotopic (exact) mass is 363 g/mol. The number of rotatable bonds is 3. The first-order valence-electron chi connectivity index (χ1n) is 7.46. The number of β-lactam (4-membered cyclic amide) rings is 1. The lowest BCUT2D eigenvalue weighted by atomic mass is 9.90. The molecule has 1 unspecified atom stereocenters. The van der Waals surface area contributed by atoms with Crippen LogP contribution in [0.4, 0.5) is 4.79 Å². The second kappa shape index (κ2) is 5.38. The normalized spacial score (nSPS) is 28.2. The van der Waals surface area contributed by atoms with Crippen molar-refractivity contribution in [2.75, 3.05) is 6.54 Å². The van der Waals surface area contributed by atoms with E-state index in [1.807, 2.05) is 0 Å². The number of ether oxygens (including phenoxy) is 1. The average molecular weight is 363 g/mol. The van der Waals surface area contributed by atoms with Crippen LogP contribution in [0.15, 0.2) is 36.0 Å². The van der Waals surface area contributed by atoms with Gasteiger partial charge in [-0.1, -0.05) is 0 Å². The van der Waals surface area contributed by atoms with Gasteiger partial charge in [0.25, 0.3) is 5.91 Å². The Kier molecular flexibility index (Phi) is 3.39. The van der Waals surface area contributed by atoms with Crippen LogP contribution in [0, 0.1) is 0 Å². The first-order valence-corrected chi connectivity index (χ1v) is 7.98. The first kappa shape index (κ1) is 15.8. The van der Waals surface area contributed by atoms with E-state index >= 15 is 0 Å². The van der Waals surface area contributed by atoms with Gasteiger partial charge in [-0.2, -0.15) is 12.6 Å². The summed E-state index contributed by atoms with van der Waals surface area (Å²) in [6.45, 7) is 0.000148. The highest BCUT2D eigenvalue weighted by Gasteiger charge is 2.66. The first-order chi connectivity index (χ1) is 11.9. The third-order valence-electron chi connectivity index (χ3n) is 4.68. The number of aromatic nitrogens is 1. The van der Waals surface area contributed by atoms with E-state index in [0.717, 1.165) is 9.80 Å². The van der Waals surface area contributed by atoms with Crippen LogP contribution in [0.25, 0.3) is 0 Å². The Morgan fingerprint density at radius 1 is 1.32 bits per heavy atom. The van der Waals surface area contributed by atoms with Crippen molar-refractivity contribution in [3.05, 3.63) is 41.5 Å². The number of carboxylic acid groups (broad SMARTS) is 2. The van der Waals surface area contributed by atoms with Crippen LogP contribution < -0.4 is 0 Å². The largest absolute Gasteiger partial charge is 0.487 e. The zero-order valence-electron chi connectivity index (χ0n) is 12.6. The molecular formula is C15H13N3O6S. The van der Waals surface area contributed by atoms with E-state index in [9.17, 15) is 24.6 Å². The molecule has 0 spiro atoms. The van der Waals surface area contributed by atoms with Gasteiger partial charge in [0.1, 0.15) is 23.9 Å². The minimum absolute atomic E-state index is 0.000148. The summed E-state index contributed by atoms with van der Waals surface area (Å²) in [5.41, 5.74) is 0.370. The fourth-order valence-corrected chi connectivity index (χ4v) is 3.95. The van der Waals surface area contributed by atoms with Crippen molar-refractivity contribution in [1.82, 2.24) is 14.8 Å². The maximum Gasteiger partial charge on any atom is 0.408 e. The predicted octanol–water partition coefficient (Wildman–Crippen LogP) is 0.320. The van der Waals surface area contributed by atoms with Crippen LogP contribution in [-0.4, -0.2) is 67.7 Å². The van der Waals surface area contributed by atoms with Crippen molar-refractivity contribution in [2.24, 2.45) is 0 Å². The summed E-state index contributed by atoms with van der Waals surface area (Å²) in [5.74, 6) is -1.84. The molecule has 3 aliphatic rings. The van der Waals surface area contributed by atoms with E-state index in [-0.39, 0.29) is 18.0 Å². The number of pyridine rings is 1. The van der Waals surface area contributed by atoms with Gasteiger partial charge < -0.3 is 14.9 Å². The quantitative estimate of drug-likeness (QED) is 0.522. The molecule has 130 valence electrons. The number of nitrogens with zero attached hydrogens (tertiary/aromatic N) is 3. The summed E-state index contributed by atoms with van der Waals surface area (Å²) < 4.78 is 5.83. The van der Waals surface area contributed by atoms with Crippen molar-refractivity contribution < 1.29 is 29.3 Å². The molecule has 4 atom stereocenters. The molecule has 0 aromatic carbocycles. The summed E-state index contributed by atoms with van der Waals surface area (Å²) in [6.07, 6.45) is 1.23. The summed E-state index contributed by atoms with van der Waals surface area (Å²) in [5, 5.41) is 18.1. The summed E-state index contributed by atoms with van der Waals surface area (Å²) in [7, 11) is 0. The summed E-state index contributed by atoms with van der Waals surface area (Å²) in [6, 6.07) is 1.82. The molecule has 2 amide bonds. The number of carbonyl (C=O) groups is 3. The Morgan fingerprint density at radius 3 is 2.60 bits per heavy atom. The van der Waals surface area contributed by atoms with Gasteiger partial charge in [0.2, 0.25) is 0 Å². The Morgan fingerprint density at radius 2 is 2.00 bits per heavy atom. The Balaban J connectivity index is 1.76. The fourth-order valence-electron chi connectivity index (χ4n) is 3.60. The van der Waals surface area contributed by atoms with Gasteiger partial charge in [-0.05, 0) is 17.7 Å². The molecule has 25 heavy (non-hydrogen) atoms. The summed E-state index contributed by atoms with van der Waals surface area (Å²) >= 11 is 4.45. The Bertz CT molecular complexity index is 813.